The van der Waals surface area contributed by atoms with Crippen molar-refractivity contribution in [3.63, 3.8) is 0 Å². The van der Waals surface area contributed by atoms with E-state index in [1.807, 2.05) is 12.1 Å². The molecule has 1 N–H and O–H groups in total. The van der Waals surface area contributed by atoms with Gasteiger partial charge in [0.2, 0.25) is 5.91 Å². The van der Waals surface area contributed by atoms with Crippen molar-refractivity contribution in [1.29, 1.82) is 0 Å². The standard InChI is InChI=1S/C18H15FN2O3S2/c1-10(22)11-3-6-15(13(19)7-11)25-9-17(23)21-18-20-14-5-4-12(24-2)8-16(14)26-18/h3-8H,9H2,1-2H3,(H,20,21,23). The van der Waals surface area contributed by atoms with Gasteiger partial charge in [0.15, 0.2) is 10.9 Å². The number of hydrogen-bond acceptors (Lipinski definition) is 6. The van der Waals surface area contributed by atoms with E-state index in [-0.39, 0.29) is 17.4 Å². The Labute approximate surface area is 157 Å². The van der Waals surface area contributed by atoms with E-state index in [1.165, 1.54) is 30.4 Å². The highest BCUT2D eigenvalue weighted by molar-refractivity contribution is 8.00. The summed E-state index contributed by atoms with van der Waals surface area (Å²) in [5, 5.41) is 3.20. The van der Waals surface area contributed by atoms with Gasteiger partial charge in [-0.2, -0.15) is 0 Å². The lowest BCUT2D eigenvalue weighted by Crippen LogP contribution is -2.13. The highest BCUT2D eigenvalue weighted by Crippen LogP contribution is 2.29. The Morgan fingerprint density at radius 2 is 2.08 bits per heavy atom. The Morgan fingerprint density at radius 1 is 1.27 bits per heavy atom. The first-order valence-electron chi connectivity index (χ1n) is 7.64. The maximum Gasteiger partial charge on any atom is 0.236 e. The van der Waals surface area contributed by atoms with Crippen LogP contribution in [0.2, 0.25) is 0 Å². The molecule has 0 unspecified atom stereocenters. The lowest BCUT2D eigenvalue weighted by Gasteiger charge is -2.04. The van der Waals surface area contributed by atoms with E-state index in [0.717, 1.165) is 27.7 Å². The van der Waals surface area contributed by atoms with Crippen LogP contribution in [0.5, 0.6) is 5.75 Å². The van der Waals surface area contributed by atoms with Gasteiger partial charge in [0.1, 0.15) is 11.6 Å². The molecule has 0 aliphatic heterocycles. The number of Topliss-reactive ketones (excluding diaryl/α,β-unsaturated/α-hetero) is 1. The fourth-order valence-electron chi connectivity index (χ4n) is 2.22. The molecule has 0 spiro atoms. The van der Waals surface area contributed by atoms with E-state index in [2.05, 4.69) is 10.3 Å². The third-order valence-corrected chi connectivity index (χ3v) is 5.52. The minimum atomic E-state index is -0.511. The maximum absolute atomic E-state index is 14.0. The minimum absolute atomic E-state index is 0.0373. The highest BCUT2D eigenvalue weighted by atomic mass is 32.2. The summed E-state index contributed by atoms with van der Waals surface area (Å²) in [6.45, 7) is 1.38. The number of fused-ring (bicyclic) bond motifs is 1. The maximum atomic E-state index is 14.0. The summed E-state index contributed by atoms with van der Waals surface area (Å²) in [5.74, 6) is -0.237. The molecule has 0 bridgehead atoms. The van der Waals surface area contributed by atoms with Gasteiger partial charge in [-0.05, 0) is 37.3 Å². The molecule has 0 aliphatic rings. The third-order valence-electron chi connectivity index (χ3n) is 3.54. The number of methoxy groups -OCH3 is 1. The third kappa shape index (κ3) is 4.20. The minimum Gasteiger partial charge on any atom is -0.497 e. The fraction of sp³-hybridized carbons (Fsp3) is 0.167. The number of carbonyl (C=O) groups is 2. The highest BCUT2D eigenvalue weighted by Gasteiger charge is 2.12. The van der Waals surface area contributed by atoms with E-state index < -0.39 is 5.82 Å². The zero-order valence-electron chi connectivity index (χ0n) is 14.0. The van der Waals surface area contributed by atoms with Gasteiger partial charge in [0.05, 0.1) is 23.1 Å². The normalized spacial score (nSPS) is 10.7. The van der Waals surface area contributed by atoms with E-state index in [4.69, 9.17) is 4.74 Å². The number of ether oxygens (including phenoxy) is 1. The Bertz CT molecular complexity index is 988. The zero-order chi connectivity index (χ0) is 18.7. The summed E-state index contributed by atoms with van der Waals surface area (Å²) >= 11 is 2.41. The molecule has 134 valence electrons. The summed E-state index contributed by atoms with van der Waals surface area (Å²) in [5.41, 5.74) is 1.07. The molecule has 0 saturated heterocycles. The SMILES string of the molecule is COc1ccc2nc(NC(=O)CSc3ccc(C(C)=O)cc3F)sc2c1. The average Bonchev–Trinajstić information content (AvgIpc) is 3.01. The monoisotopic (exact) mass is 390 g/mol. The molecule has 0 aliphatic carbocycles. The number of anilines is 1. The van der Waals surface area contributed by atoms with E-state index in [1.54, 1.807) is 19.2 Å². The summed E-state index contributed by atoms with van der Waals surface area (Å²) in [4.78, 5) is 28.0. The first-order chi connectivity index (χ1) is 12.5. The van der Waals surface area contributed by atoms with Crippen molar-refractivity contribution < 1.29 is 18.7 Å². The molecule has 1 aromatic heterocycles. The van der Waals surface area contributed by atoms with Crippen LogP contribution in [0.1, 0.15) is 17.3 Å². The van der Waals surface area contributed by atoms with Crippen LogP contribution in [0.4, 0.5) is 9.52 Å². The van der Waals surface area contributed by atoms with E-state index >= 15 is 0 Å². The lowest BCUT2D eigenvalue weighted by molar-refractivity contribution is -0.113. The number of amides is 1. The summed E-state index contributed by atoms with van der Waals surface area (Å²) < 4.78 is 20.0. The molecule has 8 heteroatoms. The predicted octanol–water partition coefficient (Wildman–Crippen LogP) is 4.38. The predicted molar refractivity (Wildman–Crippen MR) is 102 cm³/mol. The topological polar surface area (TPSA) is 68.3 Å². The average molecular weight is 390 g/mol. The lowest BCUT2D eigenvalue weighted by atomic mass is 10.1. The molecule has 1 heterocycles. The van der Waals surface area contributed by atoms with Gasteiger partial charge in [-0.1, -0.05) is 17.4 Å². The van der Waals surface area contributed by atoms with Gasteiger partial charge < -0.3 is 10.1 Å². The number of aromatic nitrogens is 1. The molecule has 5 nitrogen and oxygen atoms in total. The number of benzene rings is 2. The quantitative estimate of drug-likeness (QED) is 0.500. The van der Waals surface area contributed by atoms with Gasteiger partial charge >= 0.3 is 0 Å². The molecule has 3 aromatic rings. The second-order valence-electron chi connectivity index (χ2n) is 5.39. The number of carbonyl (C=O) groups excluding carboxylic acids is 2. The fourth-order valence-corrected chi connectivity index (χ4v) is 3.85. The van der Waals surface area contributed by atoms with Crippen molar-refractivity contribution in [1.82, 2.24) is 4.98 Å². The number of hydrogen-bond donors (Lipinski definition) is 1. The van der Waals surface area contributed by atoms with Crippen LogP contribution in [0.25, 0.3) is 10.2 Å². The van der Waals surface area contributed by atoms with Crippen molar-refractivity contribution >= 4 is 50.1 Å². The largest absolute Gasteiger partial charge is 0.497 e. The number of nitrogens with zero attached hydrogens (tertiary/aromatic N) is 1. The molecule has 1 amide bonds. The zero-order valence-corrected chi connectivity index (χ0v) is 15.7. The number of thioether (sulfide) groups is 1. The summed E-state index contributed by atoms with van der Waals surface area (Å²) in [6, 6.07) is 9.71. The van der Waals surface area contributed by atoms with Crippen molar-refractivity contribution in [2.45, 2.75) is 11.8 Å². The molecule has 2 aromatic carbocycles. The number of ketones is 1. The van der Waals surface area contributed by atoms with Crippen LogP contribution in [-0.4, -0.2) is 29.5 Å². The van der Waals surface area contributed by atoms with E-state index in [9.17, 15) is 14.0 Å². The van der Waals surface area contributed by atoms with Crippen LogP contribution in [-0.2, 0) is 4.79 Å². The van der Waals surface area contributed by atoms with Gasteiger partial charge in [-0.3, -0.25) is 9.59 Å². The molecule has 3 rings (SSSR count). The summed E-state index contributed by atoms with van der Waals surface area (Å²) in [6.07, 6.45) is 0. The van der Waals surface area contributed by atoms with Crippen LogP contribution in [0.15, 0.2) is 41.3 Å². The van der Waals surface area contributed by atoms with Crippen molar-refractivity contribution in [2.75, 3.05) is 18.2 Å². The van der Waals surface area contributed by atoms with Crippen LogP contribution in [0, 0.1) is 5.82 Å². The molecular weight excluding hydrogens is 375 g/mol. The molecule has 0 saturated carbocycles. The van der Waals surface area contributed by atoms with Crippen molar-refractivity contribution in [3.8, 4) is 5.75 Å². The molecule has 0 atom stereocenters. The van der Waals surface area contributed by atoms with Gasteiger partial charge in [0.25, 0.3) is 0 Å². The Morgan fingerprint density at radius 3 is 2.77 bits per heavy atom. The molecule has 26 heavy (non-hydrogen) atoms. The smallest absolute Gasteiger partial charge is 0.236 e. The van der Waals surface area contributed by atoms with Crippen LogP contribution in [0.3, 0.4) is 0 Å². The van der Waals surface area contributed by atoms with Crippen molar-refractivity contribution in [2.24, 2.45) is 0 Å². The number of thiazole rings is 1. The summed E-state index contributed by atoms with van der Waals surface area (Å²) in [7, 11) is 1.59. The second kappa shape index (κ2) is 7.84. The number of nitrogens with one attached hydrogen (secondary N) is 1. The first kappa shape index (κ1) is 18.3. The van der Waals surface area contributed by atoms with Gasteiger partial charge in [-0.25, -0.2) is 9.37 Å². The van der Waals surface area contributed by atoms with E-state index in [0.29, 0.717) is 15.6 Å². The Kier molecular flexibility index (Phi) is 5.53. The number of halogens is 1. The Hall–Kier alpha value is -2.45. The molecule has 0 fully saturated rings. The van der Waals surface area contributed by atoms with Crippen LogP contribution >= 0.6 is 23.1 Å². The van der Waals surface area contributed by atoms with Gasteiger partial charge in [0, 0.05) is 10.5 Å². The van der Waals surface area contributed by atoms with Crippen LogP contribution < -0.4 is 10.1 Å². The number of rotatable bonds is 6. The van der Waals surface area contributed by atoms with Gasteiger partial charge in [-0.15, -0.1) is 11.8 Å². The Balaban J connectivity index is 1.63. The van der Waals surface area contributed by atoms with Crippen molar-refractivity contribution in [3.05, 3.63) is 47.8 Å². The molecule has 0 radical (unpaired) electrons. The second-order valence-corrected chi connectivity index (χ2v) is 7.44. The first-order valence-corrected chi connectivity index (χ1v) is 9.44. The molecular formula is C18H15FN2O3S2.